The molecule has 2 fully saturated rings. The van der Waals surface area contributed by atoms with E-state index in [9.17, 15) is 0 Å². The number of hydrogen-bond donors (Lipinski definition) is 1. The first-order valence-electron chi connectivity index (χ1n) is 8.34. The minimum atomic E-state index is 0.595. The minimum Gasteiger partial charge on any atom is -0.352 e. The van der Waals surface area contributed by atoms with Crippen molar-refractivity contribution in [2.24, 2.45) is 0 Å². The number of rotatable bonds is 6. The number of nitrogens with zero attached hydrogens (tertiary/aromatic N) is 2. The first kappa shape index (κ1) is 15.2. The van der Waals surface area contributed by atoms with E-state index in [0.29, 0.717) is 6.04 Å². The number of aromatic nitrogens is 1. The number of hydrogen-bond acceptors (Lipinski definition) is 4. The number of aryl methyl sites for hydroxylation is 1. The number of pyridine rings is 1. The van der Waals surface area contributed by atoms with Crippen molar-refractivity contribution in [2.75, 3.05) is 23.0 Å². The van der Waals surface area contributed by atoms with Gasteiger partial charge >= 0.3 is 0 Å². The van der Waals surface area contributed by atoms with Crippen LogP contribution in [0.4, 0.5) is 5.82 Å². The van der Waals surface area contributed by atoms with E-state index in [4.69, 9.17) is 4.98 Å². The van der Waals surface area contributed by atoms with Crippen LogP contribution in [0.15, 0.2) is 12.1 Å². The maximum absolute atomic E-state index is 4.93. The van der Waals surface area contributed by atoms with Crippen molar-refractivity contribution in [1.82, 2.24) is 10.3 Å². The van der Waals surface area contributed by atoms with Crippen LogP contribution >= 0.6 is 11.8 Å². The molecule has 4 heteroatoms. The molecule has 2 aliphatic rings. The summed E-state index contributed by atoms with van der Waals surface area (Å²) in [7, 11) is 0. The third-order valence-electron chi connectivity index (χ3n) is 4.26. The van der Waals surface area contributed by atoms with Gasteiger partial charge in [0, 0.05) is 42.4 Å². The van der Waals surface area contributed by atoms with Crippen LogP contribution in [0.3, 0.4) is 0 Å². The second-order valence-electron chi connectivity index (χ2n) is 6.35. The third kappa shape index (κ3) is 4.13. The molecule has 2 heterocycles. The molecule has 0 aromatic carbocycles. The molecule has 1 aromatic rings. The van der Waals surface area contributed by atoms with E-state index in [-0.39, 0.29) is 0 Å². The molecule has 21 heavy (non-hydrogen) atoms. The number of anilines is 1. The normalized spacial score (nSPS) is 22.6. The molecule has 1 aliphatic carbocycles. The zero-order valence-corrected chi connectivity index (χ0v) is 14.1. The quantitative estimate of drug-likeness (QED) is 0.873. The lowest BCUT2D eigenvalue weighted by molar-refractivity contribution is 0.671. The number of thioether (sulfide) groups is 1. The molecule has 1 saturated heterocycles. The Morgan fingerprint density at radius 1 is 1.38 bits per heavy atom. The molecule has 0 amide bonds. The Morgan fingerprint density at radius 2 is 2.24 bits per heavy atom. The molecule has 116 valence electrons. The molecule has 1 aliphatic heterocycles. The zero-order chi connectivity index (χ0) is 14.7. The molecule has 3 rings (SSSR count). The van der Waals surface area contributed by atoms with E-state index in [2.05, 4.69) is 48.0 Å². The molecule has 1 aromatic heterocycles. The average molecular weight is 305 g/mol. The lowest BCUT2D eigenvalue weighted by atomic mass is 10.1. The van der Waals surface area contributed by atoms with Gasteiger partial charge in [0.1, 0.15) is 5.82 Å². The molecular weight excluding hydrogens is 278 g/mol. The fraction of sp³-hybridized carbons (Fsp3) is 0.706. The molecule has 1 saturated carbocycles. The summed E-state index contributed by atoms with van der Waals surface area (Å²) >= 11 is 2.06. The second-order valence-corrected chi connectivity index (χ2v) is 7.50. The van der Waals surface area contributed by atoms with E-state index in [1.165, 1.54) is 41.4 Å². The van der Waals surface area contributed by atoms with Crippen molar-refractivity contribution in [1.29, 1.82) is 0 Å². The van der Waals surface area contributed by atoms with Crippen LogP contribution in [0.1, 0.15) is 44.4 Å². The van der Waals surface area contributed by atoms with Crippen LogP contribution in [0.2, 0.25) is 0 Å². The van der Waals surface area contributed by atoms with Crippen LogP contribution in [0.5, 0.6) is 0 Å². The van der Waals surface area contributed by atoms with E-state index in [0.717, 1.165) is 32.0 Å². The van der Waals surface area contributed by atoms with Crippen LogP contribution in [-0.4, -0.2) is 35.1 Å². The van der Waals surface area contributed by atoms with Crippen LogP contribution in [-0.2, 0) is 13.0 Å². The van der Waals surface area contributed by atoms with Gasteiger partial charge in [-0.1, -0.05) is 13.3 Å². The first-order valence-corrected chi connectivity index (χ1v) is 9.49. The SMILES string of the molecule is CCCc1cc(CNC2CC2)cc(N2CCSCC2C)n1. The summed E-state index contributed by atoms with van der Waals surface area (Å²) in [6.45, 7) is 6.68. The second kappa shape index (κ2) is 7.01. The highest BCUT2D eigenvalue weighted by atomic mass is 32.2. The highest BCUT2D eigenvalue weighted by Crippen LogP contribution is 2.25. The standard InChI is InChI=1S/C17H27N3S/c1-3-4-16-9-14(11-18-15-5-6-15)10-17(19-16)20-7-8-21-12-13(20)2/h9-10,13,15,18H,3-8,11-12H2,1-2H3. The highest BCUT2D eigenvalue weighted by Gasteiger charge is 2.22. The Hall–Kier alpha value is -0.740. The van der Waals surface area contributed by atoms with Gasteiger partial charge in [-0.2, -0.15) is 11.8 Å². The van der Waals surface area contributed by atoms with E-state index in [1.807, 2.05) is 0 Å². The fourth-order valence-corrected chi connectivity index (χ4v) is 3.90. The number of nitrogens with one attached hydrogen (secondary N) is 1. The lowest BCUT2D eigenvalue weighted by Gasteiger charge is -2.34. The predicted octanol–water partition coefficient (Wildman–Crippen LogP) is 3.23. The minimum absolute atomic E-state index is 0.595. The van der Waals surface area contributed by atoms with Gasteiger partial charge < -0.3 is 10.2 Å². The maximum atomic E-state index is 4.93. The smallest absolute Gasteiger partial charge is 0.129 e. The van der Waals surface area contributed by atoms with Gasteiger partial charge in [0.25, 0.3) is 0 Å². The summed E-state index contributed by atoms with van der Waals surface area (Å²) in [5.74, 6) is 3.64. The van der Waals surface area contributed by atoms with E-state index in [1.54, 1.807) is 0 Å². The van der Waals surface area contributed by atoms with Crippen LogP contribution in [0, 0.1) is 0 Å². The summed E-state index contributed by atoms with van der Waals surface area (Å²) < 4.78 is 0. The summed E-state index contributed by atoms with van der Waals surface area (Å²) in [4.78, 5) is 7.43. The fourth-order valence-electron chi connectivity index (χ4n) is 2.88. The Labute approximate surface area is 132 Å². The van der Waals surface area contributed by atoms with Crippen molar-refractivity contribution in [3.05, 3.63) is 23.4 Å². The first-order chi connectivity index (χ1) is 10.3. The summed E-state index contributed by atoms with van der Waals surface area (Å²) in [5.41, 5.74) is 2.66. The Kier molecular flexibility index (Phi) is 5.07. The Bertz CT molecular complexity index is 473. The molecule has 0 bridgehead atoms. The van der Waals surface area contributed by atoms with Crippen molar-refractivity contribution >= 4 is 17.6 Å². The monoisotopic (exact) mass is 305 g/mol. The molecule has 1 atom stereocenters. The lowest BCUT2D eigenvalue weighted by Crippen LogP contribution is -2.41. The van der Waals surface area contributed by atoms with Crippen molar-refractivity contribution in [2.45, 2.75) is 58.2 Å². The Balaban J connectivity index is 1.78. The highest BCUT2D eigenvalue weighted by molar-refractivity contribution is 7.99. The van der Waals surface area contributed by atoms with Crippen LogP contribution in [0.25, 0.3) is 0 Å². The van der Waals surface area contributed by atoms with Crippen molar-refractivity contribution in [3.8, 4) is 0 Å². The van der Waals surface area contributed by atoms with Gasteiger partial charge in [-0.25, -0.2) is 4.98 Å². The van der Waals surface area contributed by atoms with E-state index < -0.39 is 0 Å². The third-order valence-corrected chi connectivity index (χ3v) is 5.45. The van der Waals surface area contributed by atoms with Crippen LogP contribution < -0.4 is 10.2 Å². The largest absolute Gasteiger partial charge is 0.352 e. The maximum Gasteiger partial charge on any atom is 0.129 e. The van der Waals surface area contributed by atoms with E-state index >= 15 is 0 Å². The predicted molar refractivity (Wildman–Crippen MR) is 92.2 cm³/mol. The van der Waals surface area contributed by atoms with Gasteiger partial charge in [0.05, 0.1) is 0 Å². The van der Waals surface area contributed by atoms with Crippen molar-refractivity contribution < 1.29 is 0 Å². The molecule has 1 N–H and O–H groups in total. The molecule has 0 radical (unpaired) electrons. The van der Waals surface area contributed by atoms with Gasteiger partial charge in [0.2, 0.25) is 0 Å². The Morgan fingerprint density at radius 3 is 2.95 bits per heavy atom. The summed E-state index contributed by atoms with van der Waals surface area (Å²) in [6, 6.07) is 5.96. The van der Waals surface area contributed by atoms with Gasteiger partial charge in [-0.15, -0.1) is 0 Å². The van der Waals surface area contributed by atoms with Crippen molar-refractivity contribution in [3.63, 3.8) is 0 Å². The summed E-state index contributed by atoms with van der Waals surface area (Å²) in [5, 5.41) is 3.63. The van der Waals surface area contributed by atoms with Gasteiger partial charge in [0.15, 0.2) is 0 Å². The summed E-state index contributed by atoms with van der Waals surface area (Å²) in [6.07, 6.45) is 4.94. The molecule has 0 spiro atoms. The molecule has 3 nitrogen and oxygen atoms in total. The molecule has 1 unspecified atom stereocenters. The molecular formula is C17H27N3S. The average Bonchev–Trinajstić information content (AvgIpc) is 3.30. The van der Waals surface area contributed by atoms with Gasteiger partial charge in [-0.3, -0.25) is 0 Å². The zero-order valence-electron chi connectivity index (χ0n) is 13.3. The topological polar surface area (TPSA) is 28.2 Å². The van der Waals surface area contributed by atoms with Gasteiger partial charge in [-0.05, 0) is 43.9 Å².